The minimum Gasteiger partial charge on any atom is -0.481 e. The molecule has 0 unspecified atom stereocenters. The molecular weight excluding hydrogens is 344 g/mol. The van der Waals surface area contributed by atoms with Crippen molar-refractivity contribution in [2.24, 2.45) is 17.4 Å². The zero-order valence-electron chi connectivity index (χ0n) is 15.2. The van der Waals surface area contributed by atoms with Gasteiger partial charge in [-0.2, -0.15) is 0 Å². The van der Waals surface area contributed by atoms with Gasteiger partial charge in [-0.05, 0) is 38.1 Å². The van der Waals surface area contributed by atoms with Crippen molar-refractivity contribution in [3.05, 3.63) is 0 Å². The van der Waals surface area contributed by atoms with Crippen LogP contribution in [0.3, 0.4) is 0 Å². The van der Waals surface area contributed by atoms with E-state index in [0.717, 1.165) is 0 Å². The van der Waals surface area contributed by atoms with Crippen LogP contribution in [0, 0.1) is 5.92 Å². The van der Waals surface area contributed by atoms with Gasteiger partial charge in [0.1, 0.15) is 12.1 Å². The molecule has 2 amide bonds. The fraction of sp³-hybridized carbons (Fsp3) is 0.750. The summed E-state index contributed by atoms with van der Waals surface area (Å²) in [6.07, 6.45) is 1.08. The summed E-state index contributed by atoms with van der Waals surface area (Å²) in [5, 5.41) is 22.8. The maximum absolute atomic E-state index is 12.4. The van der Waals surface area contributed by atoms with Gasteiger partial charge in [-0.15, -0.1) is 0 Å². The topological polar surface area (TPSA) is 185 Å². The third-order valence-electron chi connectivity index (χ3n) is 3.63. The highest BCUT2D eigenvalue weighted by Crippen LogP contribution is 2.08. The van der Waals surface area contributed by atoms with E-state index in [-0.39, 0.29) is 18.8 Å². The van der Waals surface area contributed by atoms with Crippen molar-refractivity contribution < 1.29 is 29.4 Å². The Morgan fingerprint density at radius 1 is 0.962 bits per heavy atom. The van der Waals surface area contributed by atoms with Crippen molar-refractivity contribution in [2.75, 3.05) is 6.54 Å². The van der Waals surface area contributed by atoms with Crippen molar-refractivity contribution in [2.45, 2.75) is 64.1 Å². The van der Waals surface area contributed by atoms with Gasteiger partial charge in [-0.25, -0.2) is 4.79 Å². The molecule has 3 atom stereocenters. The number of carboxylic acids is 2. The van der Waals surface area contributed by atoms with E-state index in [1.165, 1.54) is 0 Å². The minimum absolute atomic E-state index is 0.0299. The van der Waals surface area contributed by atoms with Gasteiger partial charge in [-0.3, -0.25) is 14.4 Å². The lowest BCUT2D eigenvalue weighted by molar-refractivity contribution is -0.143. The Hall–Kier alpha value is -2.20. The molecule has 0 aromatic heterocycles. The van der Waals surface area contributed by atoms with Gasteiger partial charge in [0.25, 0.3) is 0 Å². The largest absolute Gasteiger partial charge is 0.481 e. The Morgan fingerprint density at radius 2 is 1.54 bits per heavy atom. The van der Waals surface area contributed by atoms with Crippen molar-refractivity contribution >= 4 is 23.8 Å². The first kappa shape index (κ1) is 23.8. The second kappa shape index (κ2) is 12.2. The predicted octanol–water partition coefficient (Wildman–Crippen LogP) is -0.982. The second-order valence-corrected chi connectivity index (χ2v) is 6.58. The van der Waals surface area contributed by atoms with E-state index < -0.39 is 48.3 Å². The number of nitrogens with one attached hydrogen (secondary N) is 2. The molecule has 10 nitrogen and oxygen atoms in total. The Balaban J connectivity index is 4.97. The minimum atomic E-state index is -1.30. The molecule has 0 saturated carbocycles. The average Bonchev–Trinajstić information content (AvgIpc) is 2.51. The summed E-state index contributed by atoms with van der Waals surface area (Å²) in [6.45, 7) is 4.09. The standard InChI is InChI=1S/C16H30N4O6/c1-9(2)7-12(20-14(23)10(18)8-13(21)22)15(24)19-11(16(25)26)5-3-4-6-17/h9-12H,3-8,17-18H2,1-2H3,(H,19,24)(H,20,23)(H,21,22)(H,25,26)/t10-,11-,12-/m0/s1. The molecule has 0 aliphatic rings. The average molecular weight is 374 g/mol. The van der Waals surface area contributed by atoms with E-state index in [9.17, 15) is 24.3 Å². The van der Waals surface area contributed by atoms with Gasteiger partial charge in [0, 0.05) is 0 Å². The van der Waals surface area contributed by atoms with Crippen LogP contribution in [0.1, 0.15) is 46.0 Å². The zero-order valence-corrected chi connectivity index (χ0v) is 15.2. The number of unbranched alkanes of at least 4 members (excludes halogenated alkanes) is 1. The van der Waals surface area contributed by atoms with E-state index in [1.54, 1.807) is 0 Å². The fourth-order valence-electron chi connectivity index (χ4n) is 2.28. The molecule has 0 radical (unpaired) electrons. The number of aliphatic carboxylic acids is 2. The SMILES string of the molecule is CC(C)C[C@H](NC(=O)[C@@H](N)CC(=O)O)C(=O)N[C@@H](CCCCN)C(=O)O. The normalized spacial score (nSPS) is 14.3. The third-order valence-corrected chi connectivity index (χ3v) is 3.63. The van der Waals surface area contributed by atoms with E-state index in [0.29, 0.717) is 19.4 Å². The first-order valence-electron chi connectivity index (χ1n) is 8.59. The number of nitrogens with two attached hydrogens (primary N) is 2. The molecule has 150 valence electrons. The van der Waals surface area contributed by atoms with Crippen LogP contribution in [0.5, 0.6) is 0 Å². The van der Waals surface area contributed by atoms with Gasteiger partial charge in [0.15, 0.2) is 0 Å². The van der Waals surface area contributed by atoms with Crippen LogP contribution >= 0.6 is 0 Å². The summed E-state index contributed by atoms with van der Waals surface area (Å²) in [5.41, 5.74) is 10.9. The monoisotopic (exact) mass is 374 g/mol. The van der Waals surface area contributed by atoms with Gasteiger partial charge in [0.05, 0.1) is 12.5 Å². The highest BCUT2D eigenvalue weighted by molar-refractivity contribution is 5.92. The van der Waals surface area contributed by atoms with Crippen LogP contribution in [0.15, 0.2) is 0 Å². The van der Waals surface area contributed by atoms with E-state index in [2.05, 4.69) is 10.6 Å². The molecule has 26 heavy (non-hydrogen) atoms. The summed E-state index contributed by atoms with van der Waals surface area (Å²) >= 11 is 0. The summed E-state index contributed by atoms with van der Waals surface area (Å²) in [5.74, 6) is -3.80. The number of carboxylic acid groups (broad SMARTS) is 2. The first-order valence-corrected chi connectivity index (χ1v) is 8.59. The van der Waals surface area contributed by atoms with Crippen molar-refractivity contribution in [1.82, 2.24) is 10.6 Å². The zero-order chi connectivity index (χ0) is 20.3. The number of hydrogen-bond donors (Lipinski definition) is 6. The molecule has 0 heterocycles. The summed E-state index contributed by atoms with van der Waals surface area (Å²) in [6, 6.07) is -3.39. The van der Waals surface area contributed by atoms with E-state index in [1.807, 2.05) is 13.8 Å². The Kier molecular flexibility index (Phi) is 11.2. The molecule has 0 bridgehead atoms. The molecule has 0 aliphatic heterocycles. The lowest BCUT2D eigenvalue weighted by Crippen LogP contribution is -2.55. The second-order valence-electron chi connectivity index (χ2n) is 6.58. The molecule has 0 rings (SSSR count). The first-order chi connectivity index (χ1) is 12.1. The quantitative estimate of drug-likeness (QED) is 0.222. The molecule has 0 spiro atoms. The fourth-order valence-corrected chi connectivity index (χ4v) is 2.28. The number of hydrogen-bond acceptors (Lipinski definition) is 6. The highest BCUT2D eigenvalue weighted by atomic mass is 16.4. The molecule has 10 heteroatoms. The molecule has 0 aliphatic carbocycles. The van der Waals surface area contributed by atoms with Gasteiger partial charge < -0.3 is 32.3 Å². The van der Waals surface area contributed by atoms with E-state index >= 15 is 0 Å². The van der Waals surface area contributed by atoms with Crippen LogP contribution in [0.4, 0.5) is 0 Å². The molecular formula is C16H30N4O6. The third kappa shape index (κ3) is 9.94. The molecule has 0 saturated heterocycles. The number of amides is 2. The maximum atomic E-state index is 12.4. The van der Waals surface area contributed by atoms with Crippen molar-refractivity contribution in [3.8, 4) is 0 Å². The molecule has 0 aromatic rings. The van der Waals surface area contributed by atoms with Crippen molar-refractivity contribution in [1.29, 1.82) is 0 Å². The molecule has 0 aromatic carbocycles. The smallest absolute Gasteiger partial charge is 0.326 e. The van der Waals surface area contributed by atoms with E-state index in [4.69, 9.17) is 16.6 Å². The van der Waals surface area contributed by atoms with Gasteiger partial charge in [0.2, 0.25) is 11.8 Å². The highest BCUT2D eigenvalue weighted by Gasteiger charge is 2.28. The molecule has 0 fully saturated rings. The van der Waals surface area contributed by atoms with Crippen LogP contribution in [0.25, 0.3) is 0 Å². The maximum Gasteiger partial charge on any atom is 0.326 e. The number of rotatable bonds is 13. The van der Waals surface area contributed by atoms with Crippen LogP contribution in [-0.2, 0) is 19.2 Å². The molecule has 8 N–H and O–H groups in total. The van der Waals surface area contributed by atoms with Crippen LogP contribution < -0.4 is 22.1 Å². The Labute approximate surface area is 152 Å². The lowest BCUT2D eigenvalue weighted by atomic mass is 10.0. The number of carbonyl (C=O) groups is 4. The van der Waals surface area contributed by atoms with Crippen LogP contribution in [-0.4, -0.2) is 58.6 Å². The van der Waals surface area contributed by atoms with Crippen LogP contribution in [0.2, 0.25) is 0 Å². The Bertz CT molecular complexity index is 497. The lowest BCUT2D eigenvalue weighted by Gasteiger charge is -2.24. The predicted molar refractivity (Wildman–Crippen MR) is 94.1 cm³/mol. The number of carbonyl (C=O) groups excluding carboxylic acids is 2. The van der Waals surface area contributed by atoms with Gasteiger partial charge >= 0.3 is 11.9 Å². The Morgan fingerprint density at radius 3 is 2.00 bits per heavy atom. The summed E-state index contributed by atoms with van der Waals surface area (Å²) < 4.78 is 0. The van der Waals surface area contributed by atoms with Crippen molar-refractivity contribution in [3.63, 3.8) is 0 Å². The van der Waals surface area contributed by atoms with Gasteiger partial charge in [-0.1, -0.05) is 13.8 Å². The summed E-state index contributed by atoms with van der Waals surface area (Å²) in [4.78, 5) is 46.4. The summed E-state index contributed by atoms with van der Waals surface area (Å²) in [7, 11) is 0.